The van der Waals surface area contributed by atoms with Gasteiger partial charge in [-0.05, 0) is 12.1 Å². The second-order valence-electron chi connectivity index (χ2n) is 5.96. The fourth-order valence-corrected chi connectivity index (χ4v) is 3.15. The largest absolute Gasteiger partial charge is 0.377 e. The number of morpholine rings is 1. The molecule has 3 amide bonds. The topological polar surface area (TPSA) is 91.8 Å². The van der Waals surface area contributed by atoms with Crippen molar-refractivity contribution in [3.05, 3.63) is 29.0 Å². The van der Waals surface area contributed by atoms with E-state index in [1.807, 2.05) is 0 Å². The molecule has 9 heteroatoms. The molecule has 25 heavy (non-hydrogen) atoms. The van der Waals surface area contributed by atoms with Gasteiger partial charge in [-0.2, -0.15) is 0 Å². The van der Waals surface area contributed by atoms with E-state index < -0.39 is 0 Å². The Hall–Kier alpha value is -2.19. The van der Waals surface area contributed by atoms with Crippen molar-refractivity contribution in [1.29, 1.82) is 0 Å². The molecule has 0 spiro atoms. The minimum atomic E-state index is -0.370. The molecule has 0 saturated carbocycles. The number of amides is 3. The number of piperazine rings is 1. The number of nitrogens with zero attached hydrogens (tertiary/aromatic N) is 3. The number of halogens is 1. The average molecular weight is 367 g/mol. The summed E-state index contributed by atoms with van der Waals surface area (Å²) in [5, 5.41) is 2.93. The van der Waals surface area contributed by atoms with Crippen molar-refractivity contribution in [2.45, 2.75) is 12.5 Å². The van der Waals surface area contributed by atoms with E-state index in [0.717, 1.165) is 0 Å². The Bertz CT molecular complexity index is 684. The number of rotatable bonds is 3. The molecule has 2 aliphatic rings. The number of hydrogen-bond donors (Lipinski definition) is 1. The van der Waals surface area contributed by atoms with Gasteiger partial charge in [0, 0.05) is 37.8 Å². The third-order valence-corrected chi connectivity index (χ3v) is 4.47. The van der Waals surface area contributed by atoms with Gasteiger partial charge in [-0.1, -0.05) is 11.6 Å². The number of carbonyl (C=O) groups excluding carboxylic acids is 3. The number of aromatic nitrogens is 1. The Labute approximate surface area is 150 Å². The molecular formula is C16H19ClN4O4. The van der Waals surface area contributed by atoms with Crippen LogP contribution in [0.3, 0.4) is 0 Å². The second-order valence-corrected chi connectivity index (χ2v) is 6.35. The van der Waals surface area contributed by atoms with Crippen molar-refractivity contribution in [2.24, 2.45) is 0 Å². The van der Waals surface area contributed by atoms with Gasteiger partial charge in [0.1, 0.15) is 5.15 Å². The lowest BCUT2D eigenvalue weighted by Gasteiger charge is -2.37. The van der Waals surface area contributed by atoms with Gasteiger partial charge in [0.05, 0.1) is 25.8 Å². The van der Waals surface area contributed by atoms with Crippen molar-refractivity contribution < 1.29 is 19.1 Å². The van der Waals surface area contributed by atoms with Crippen LogP contribution in [0, 0.1) is 0 Å². The van der Waals surface area contributed by atoms with Crippen molar-refractivity contribution in [2.75, 3.05) is 39.4 Å². The molecule has 0 unspecified atom stereocenters. The first-order chi connectivity index (χ1) is 12.0. The SMILES string of the molecule is O=C1CN(C(=O)C[C@H]2COCCN2C(=O)c2ccnc(Cl)c2)CCN1. The van der Waals surface area contributed by atoms with E-state index in [2.05, 4.69) is 10.3 Å². The summed E-state index contributed by atoms with van der Waals surface area (Å²) in [4.78, 5) is 43.7. The summed E-state index contributed by atoms with van der Waals surface area (Å²) in [7, 11) is 0. The van der Waals surface area contributed by atoms with Crippen LogP contribution in [0.15, 0.2) is 18.3 Å². The summed E-state index contributed by atoms with van der Waals surface area (Å²) < 4.78 is 5.45. The second kappa shape index (κ2) is 7.79. The van der Waals surface area contributed by atoms with Gasteiger partial charge in [0.2, 0.25) is 11.8 Å². The molecule has 2 saturated heterocycles. The van der Waals surface area contributed by atoms with Gasteiger partial charge < -0.3 is 19.9 Å². The third kappa shape index (κ3) is 4.26. The van der Waals surface area contributed by atoms with E-state index in [9.17, 15) is 14.4 Å². The van der Waals surface area contributed by atoms with Crippen LogP contribution in [-0.2, 0) is 14.3 Å². The lowest BCUT2D eigenvalue weighted by molar-refractivity contribution is -0.140. The molecule has 2 fully saturated rings. The molecule has 0 bridgehead atoms. The van der Waals surface area contributed by atoms with Crippen LogP contribution in [0.1, 0.15) is 16.8 Å². The highest BCUT2D eigenvalue weighted by atomic mass is 35.5. The predicted octanol–water partition coefficient (Wildman–Crippen LogP) is -0.0755. The number of ether oxygens (including phenoxy) is 1. The van der Waals surface area contributed by atoms with Gasteiger partial charge in [-0.15, -0.1) is 0 Å². The molecule has 3 rings (SSSR count). The van der Waals surface area contributed by atoms with Crippen LogP contribution in [0.5, 0.6) is 0 Å². The van der Waals surface area contributed by atoms with E-state index in [-0.39, 0.29) is 48.5 Å². The maximum Gasteiger partial charge on any atom is 0.254 e. The van der Waals surface area contributed by atoms with Gasteiger partial charge in [-0.25, -0.2) is 4.98 Å². The standard InChI is InChI=1S/C16H19ClN4O4/c17-13-7-11(1-2-18-13)16(24)21-5-6-25-10-12(21)8-15(23)20-4-3-19-14(22)9-20/h1-2,7,12H,3-6,8-10H2,(H,19,22)/t12-/m0/s1. The van der Waals surface area contributed by atoms with Gasteiger partial charge in [0.15, 0.2) is 0 Å². The lowest BCUT2D eigenvalue weighted by Crippen LogP contribution is -2.54. The van der Waals surface area contributed by atoms with Gasteiger partial charge in [-0.3, -0.25) is 14.4 Å². The Balaban J connectivity index is 1.69. The van der Waals surface area contributed by atoms with E-state index in [4.69, 9.17) is 16.3 Å². The van der Waals surface area contributed by atoms with E-state index >= 15 is 0 Å². The number of hydrogen-bond acceptors (Lipinski definition) is 5. The summed E-state index contributed by atoms with van der Waals surface area (Å²) in [6.45, 7) is 2.09. The first kappa shape index (κ1) is 17.6. The Morgan fingerprint density at radius 1 is 1.40 bits per heavy atom. The Morgan fingerprint density at radius 3 is 3.00 bits per heavy atom. The van der Waals surface area contributed by atoms with Crippen LogP contribution < -0.4 is 5.32 Å². The Kier molecular flexibility index (Phi) is 5.50. The molecule has 0 radical (unpaired) electrons. The molecule has 1 N–H and O–H groups in total. The predicted molar refractivity (Wildman–Crippen MR) is 89.1 cm³/mol. The molecule has 1 atom stereocenters. The Morgan fingerprint density at radius 2 is 2.24 bits per heavy atom. The molecule has 0 aromatic carbocycles. The summed E-state index contributed by atoms with van der Waals surface area (Å²) in [5.74, 6) is -0.531. The van der Waals surface area contributed by atoms with E-state index in [1.165, 1.54) is 17.2 Å². The lowest BCUT2D eigenvalue weighted by atomic mass is 10.1. The van der Waals surface area contributed by atoms with Crippen molar-refractivity contribution in [1.82, 2.24) is 20.1 Å². The summed E-state index contributed by atoms with van der Waals surface area (Å²) in [5.41, 5.74) is 0.427. The normalized spacial score (nSPS) is 21.0. The molecule has 1 aromatic heterocycles. The minimum Gasteiger partial charge on any atom is -0.377 e. The zero-order valence-corrected chi connectivity index (χ0v) is 14.4. The van der Waals surface area contributed by atoms with Crippen molar-refractivity contribution in [3.63, 3.8) is 0 Å². The number of nitrogens with one attached hydrogen (secondary N) is 1. The van der Waals surface area contributed by atoms with Gasteiger partial charge in [0.25, 0.3) is 5.91 Å². The maximum atomic E-state index is 12.8. The fourth-order valence-electron chi connectivity index (χ4n) is 2.97. The van der Waals surface area contributed by atoms with Crippen LogP contribution in [0.4, 0.5) is 0 Å². The number of pyridine rings is 1. The molecule has 1 aromatic rings. The summed E-state index contributed by atoms with van der Waals surface area (Å²) in [6.07, 6.45) is 1.60. The third-order valence-electron chi connectivity index (χ3n) is 4.26. The quantitative estimate of drug-likeness (QED) is 0.756. The van der Waals surface area contributed by atoms with Crippen molar-refractivity contribution in [3.8, 4) is 0 Å². The fraction of sp³-hybridized carbons (Fsp3) is 0.500. The van der Waals surface area contributed by atoms with Crippen LogP contribution in [0.25, 0.3) is 0 Å². The van der Waals surface area contributed by atoms with Crippen LogP contribution in [0.2, 0.25) is 5.15 Å². The average Bonchev–Trinajstić information content (AvgIpc) is 2.61. The zero-order chi connectivity index (χ0) is 17.8. The highest BCUT2D eigenvalue weighted by Gasteiger charge is 2.32. The summed E-state index contributed by atoms with van der Waals surface area (Å²) in [6, 6.07) is 2.73. The molecule has 8 nitrogen and oxygen atoms in total. The molecule has 3 heterocycles. The smallest absolute Gasteiger partial charge is 0.254 e. The molecular weight excluding hydrogens is 348 g/mol. The van der Waals surface area contributed by atoms with E-state index in [0.29, 0.717) is 31.8 Å². The van der Waals surface area contributed by atoms with E-state index in [1.54, 1.807) is 11.0 Å². The van der Waals surface area contributed by atoms with Crippen LogP contribution in [-0.4, -0.2) is 77.9 Å². The first-order valence-electron chi connectivity index (χ1n) is 8.09. The molecule has 134 valence electrons. The van der Waals surface area contributed by atoms with Crippen molar-refractivity contribution >= 4 is 29.3 Å². The number of carbonyl (C=O) groups is 3. The van der Waals surface area contributed by atoms with Gasteiger partial charge >= 0.3 is 0 Å². The monoisotopic (exact) mass is 366 g/mol. The first-order valence-corrected chi connectivity index (χ1v) is 8.47. The zero-order valence-electron chi connectivity index (χ0n) is 13.6. The summed E-state index contributed by atoms with van der Waals surface area (Å²) >= 11 is 5.86. The minimum absolute atomic E-state index is 0.0559. The van der Waals surface area contributed by atoms with Crippen LogP contribution >= 0.6 is 11.6 Å². The highest BCUT2D eigenvalue weighted by molar-refractivity contribution is 6.29. The highest BCUT2D eigenvalue weighted by Crippen LogP contribution is 2.17. The maximum absolute atomic E-state index is 12.8. The molecule has 2 aliphatic heterocycles. The molecule has 0 aliphatic carbocycles.